The van der Waals surface area contributed by atoms with E-state index in [1.165, 1.54) is 5.39 Å². The summed E-state index contributed by atoms with van der Waals surface area (Å²) in [4.78, 5) is 4.12. The first-order chi connectivity index (χ1) is 4.47. The molecular weight excluding hydrogens is 211 g/mol. The average Bonchev–Trinajstić information content (AvgIpc) is 2.33. The van der Waals surface area contributed by atoms with E-state index in [1.807, 2.05) is 30.5 Å². The van der Waals surface area contributed by atoms with Gasteiger partial charge >= 0.3 is 0 Å². The molecule has 0 fully saturated rings. The number of nitrogens with zero attached hydrogens (tertiary/aromatic N) is 1. The molecule has 2 heteroatoms. The zero-order valence-corrected chi connectivity index (χ0v) is 9.33. The maximum Gasteiger partial charge on any atom is 0 e. The first kappa shape index (κ1) is 10.9. The van der Waals surface area contributed by atoms with Crippen LogP contribution in [0.5, 0.6) is 0 Å². The predicted octanol–water partition coefficient (Wildman–Crippen LogP) is 2.24. The summed E-state index contributed by atoms with van der Waals surface area (Å²) in [7, 11) is 0. The van der Waals surface area contributed by atoms with Crippen LogP contribution in [0.4, 0.5) is 0 Å². The third-order valence-electron chi connectivity index (χ3n) is 1.40. The molecule has 0 bridgehead atoms. The number of hydrogen-bond donors (Lipinski definition) is 0. The maximum atomic E-state index is 4.12. The van der Waals surface area contributed by atoms with Gasteiger partial charge in [-0.3, -0.25) is 0 Å². The summed E-state index contributed by atoms with van der Waals surface area (Å²) < 4.78 is 0. The van der Waals surface area contributed by atoms with Gasteiger partial charge in [-0.25, -0.2) is 0 Å². The Kier molecular flexibility index (Phi) is 4.63. The summed E-state index contributed by atoms with van der Waals surface area (Å²) >= 11 is 0. The van der Waals surface area contributed by atoms with E-state index >= 15 is 0 Å². The molecule has 0 atom stereocenters. The van der Waals surface area contributed by atoms with Gasteiger partial charge in [-0.2, -0.15) is 6.20 Å². The monoisotopic (exact) mass is 220 g/mol. The van der Waals surface area contributed by atoms with E-state index in [0.717, 1.165) is 5.52 Å². The number of benzene rings is 1. The average molecular weight is 220 g/mol. The molecule has 1 nitrogen and oxygen atoms in total. The van der Waals surface area contributed by atoms with Crippen molar-refractivity contribution in [1.82, 2.24) is 4.98 Å². The minimum absolute atomic E-state index is 0. The zero-order valence-electron chi connectivity index (χ0n) is 6.49. The van der Waals surface area contributed by atoms with E-state index in [4.69, 9.17) is 0 Å². The molecule has 1 heterocycles. The predicted molar refractivity (Wildman–Crippen MR) is 43.7 cm³/mol. The second-order valence-corrected chi connectivity index (χ2v) is 2.00. The molecule has 0 spiro atoms. The van der Waals surface area contributed by atoms with E-state index < -0.39 is 0 Å². The van der Waals surface area contributed by atoms with Gasteiger partial charge in [0.1, 0.15) is 0 Å². The van der Waals surface area contributed by atoms with Gasteiger partial charge in [0.2, 0.25) is 0 Å². The van der Waals surface area contributed by atoms with Gasteiger partial charge in [-0.15, -0.1) is 5.52 Å². The Morgan fingerprint density at radius 2 is 1.73 bits per heavy atom. The topological polar surface area (TPSA) is 14.1 Å². The molecule has 0 saturated carbocycles. The van der Waals surface area contributed by atoms with Crippen molar-refractivity contribution in [3.63, 3.8) is 0 Å². The Hall–Kier alpha value is -0.136. The molecular formula is C9H9NY-2. The molecule has 2 aromatic rings. The quantitative estimate of drug-likeness (QED) is 0.621. The van der Waals surface area contributed by atoms with Crippen LogP contribution in [0.3, 0.4) is 0 Å². The molecule has 0 amide bonds. The van der Waals surface area contributed by atoms with Gasteiger partial charge in [0, 0.05) is 32.7 Å². The van der Waals surface area contributed by atoms with Crippen LogP contribution in [0.25, 0.3) is 10.9 Å². The Bertz CT molecular complexity index is 284. The molecule has 55 valence electrons. The van der Waals surface area contributed by atoms with Crippen LogP contribution in [0.15, 0.2) is 36.5 Å². The fourth-order valence-electron chi connectivity index (χ4n) is 0.944. The van der Waals surface area contributed by atoms with Crippen molar-refractivity contribution in [1.29, 1.82) is 0 Å². The van der Waals surface area contributed by atoms with E-state index in [9.17, 15) is 0 Å². The Balaban J connectivity index is 0.000000500. The number of hydrogen-bond acceptors (Lipinski definition) is 0. The minimum Gasteiger partial charge on any atom is -0.664 e. The molecule has 0 saturated heterocycles. The van der Waals surface area contributed by atoms with Crippen LogP contribution in [0, 0.1) is 7.43 Å². The van der Waals surface area contributed by atoms with Crippen molar-refractivity contribution in [3.05, 3.63) is 44.0 Å². The number of para-hydroxylation sites is 1. The van der Waals surface area contributed by atoms with Crippen molar-refractivity contribution in [3.8, 4) is 0 Å². The molecule has 1 radical (unpaired) electrons. The molecule has 2 rings (SSSR count). The van der Waals surface area contributed by atoms with Crippen molar-refractivity contribution >= 4 is 10.9 Å². The summed E-state index contributed by atoms with van der Waals surface area (Å²) in [5, 5.41) is 1.22. The standard InChI is InChI=1S/C8H6N.CH3.Y/c1-2-4-8-7(3-1)5-6-9-8;;/h1-6H;1H3;/q2*-1;. The first-order valence-corrected chi connectivity index (χ1v) is 2.93. The van der Waals surface area contributed by atoms with Crippen LogP contribution in [0.2, 0.25) is 0 Å². The molecule has 1 aromatic carbocycles. The van der Waals surface area contributed by atoms with E-state index in [2.05, 4.69) is 11.1 Å². The largest absolute Gasteiger partial charge is 0.664 e. The van der Waals surface area contributed by atoms with Crippen LogP contribution in [-0.4, -0.2) is 0 Å². The van der Waals surface area contributed by atoms with Crippen molar-refractivity contribution in [2.24, 2.45) is 0 Å². The van der Waals surface area contributed by atoms with Gasteiger partial charge in [-0.05, 0) is 5.39 Å². The third-order valence-corrected chi connectivity index (χ3v) is 1.40. The minimum atomic E-state index is 0. The molecule has 0 unspecified atom stereocenters. The fourth-order valence-corrected chi connectivity index (χ4v) is 0.944. The van der Waals surface area contributed by atoms with Crippen molar-refractivity contribution < 1.29 is 32.7 Å². The van der Waals surface area contributed by atoms with Crippen molar-refractivity contribution in [2.75, 3.05) is 0 Å². The van der Waals surface area contributed by atoms with Crippen LogP contribution < -0.4 is 4.98 Å². The molecule has 11 heavy (non-hydrogen) atoms. The maximum absolute atomic E-state index is 4.12. The first-order valence-electron chi connectivity index (χ1n) is 2.93. The summed E-state index contributed by atoms with van der Waals surface area (Å²) in [6, 6.07) is 10.1. The fraction of sp³-hybridized carbons (Fsp3) is 0. The third kappa shape index (κ3) is 2.14. The Morgan fingerprint density at radius 1 is 1.00 bits per heavy atom. The van der Waals surface area contributed by atoms with Gasteiger partial charge in [-0.1, -0.05) is 30.3 Å². The number of rotatable bonds is 0. The van der Waals surface area contributed by atoms with E-state index in [0.29, 0.717) is 0 Å². The molecule has 0 aliphatic rings. The van der Waals surface area contributed by atoms with Gasteiger partial charge in [0.15, 0.2) is 0 Å². The molecule has 1 aromatic heterocycles. The smallest absolute Gasteiger partial charge is 0 e. The zero-order chi connectivity index (χ0) is 6.10. The Morgan fingerprint density at radius 3 is 2.45 bits per heavy atom. The van der Waals surface area contributed by atoms with Crippen LogP contribution in [-0.2, 0) is 32.7 Å². The molecule has 0 aliphatic carbocycles. The van der Waals surface area contributed by atoms with Gasteiger partial charge < -0.3 is 12.4 Å². The van der Waals surface area contributed by atoms with Crippen LogP contribution >= 0.6 is 0 Å². The summed E-state index contributed by atoms with van der Waals surface area (Å²) in [6.45, 7) is 0. The molecule has 0 N–H and O–H groups in total. The second-order valence-electron chi connectivity index (χ2n) is 2.00. The Labute approximate surface area is 92.1 Å². The number of fused-ring (bicyclic) bond motifs is 1. The van der Waals surface area contributed by atoms with Gasteiger partial charge in [0.05, 0.1) is 0 Å². The summed E-state index contributed by atoms with van der Waals surface area (Å²) in [5.41, 5.74) is 1.08. The summed E-state index contributed by atoms with van der Waals surface area (Å²) in [6.07, 6.45) is 1.82. The molecule has 0 aliphatic heterocycles. The van der Waals surface area contributed by atoms with Crippen LogP contribution in [0.1, 0.15) is 0 Å². The summed E-state index contributed by atoms with van der Waals surface area (Å²) in [5.74, 6) is 0. The normalized spacial score (nSPS) is 8.36. The number of aromatic nitrogens is 1. The second kappa shape index (κ2) is 4.68. The van der Waals surface area contributed by atoms with E-state index in [-0.39, 0.29) is 40.1 Å². The SMILES string of the molecule is [CH3-].[Y].c1ccc2[n-]ccc2c1. The van der Waals surface area contributed by atoms with Gasteiger partial charge in [0.25, 0.3) is 0 Å². The van der Waals surface area contributed by atoms with Crippen molar-refractivity contribution in [2.45, 2.75) is 0 Å². The van der Waals surface area contributed by atoms with E-state index in [1.54, 1.807) is 0 Å².